The van der Waals surface area contributed by atoms with E-state index in [4.69, 9.17) is 4.74 Å². The lowest BCUT2D eigenvalue weighted by molar-refractivity contribution is 0.0530. The Kier molecular flexibility index (Phi) is 3.84. The van der Waals surface area contributed by atoms with E-state index in [9.17, 15) is 9.59 Å². The lowest BCUT2D eigenvalue weighted by Gasteiger charge is -2.11. The van der Waals surface area contributed by atoms with Gasteiger partial charge in [0.05, 0.1) is 17.6 Å². The zero-order valence-corrected chi connectivity index (χ0v) is 14.4. The van der Waals surface area contributed by atoms with Gasteiger partial charge in [0.2, 0.25) is 0 Å². The van der Waals surface area contributed by atoms with Crippen molar-refractivity contribution in [3.63, 3.8) is 0 Å². The van der Waals surface area contributed by atoms with Crippen LogP contribution < -0.4 is 5.56 Å². The summed E-state index contributed by atoms with van der Waals surface area (Å²) in [6.45, 7) is 6.33. The highest BCUT2D eigenvalue weighted by molar-refractivity contribution is 6.11. The number of pyridine rings is 1. The van der Waals surface area contributed by atoms with Crippen LogP contribution in [0.2, 0.25) is 0 Å². The van der Waals surface area contributed by atoms with Gasteiger partial charge in [0.15, 0.2) is 0 Å². The number of carbonyl (C=O) groups is 1. The number of hydrogen-bond acceptors (Lipinski definition) is 3. The number of hydrogen-bond donors (Lipinski definition) is 0. The van der Waals surface area contributed by atoms with E-state index in [0.29, 0.717) is 28.5 Å². The molecular formula is C21H18N2O3. The van der Waals surface area contributed by atoms with Crippen LogP contribution in [0.3, 0.4) is 0 Å². The van der Waals surface area contributed by atoms with Crippen molar-refractivity contribution in [2.45, 2.75) is 13.5 Å². The van der Waals surface area contributed by atoms with Gasteiger partial charge >= 0.3 is 5.97 Å². The van der Waals surface area contributed by atoms with Crippen molar-refractivity contribution in [3.8, 4) is 0 Å². The van der Waals surface area contributed by atoms with Crippen LogP contribution >= 0.6 is 0 Å². The number of esters is 1. The van der Waals surface area contributed by atoms with E-state index >= 15 is 0 Å². The minimum Gasteiger partial charge on any atom is -0.462 e. The number of allylic oxidation sites excluding steroid dienone is 1. The molecule has 0 saturated heterocycles. The summed E-state index contributed by atoms with van der Waals surface area (Å²) in [5.74, 6) is -0.436. The molecule has 0 spiro atoms. The molecule has 2 aromatic heterocycles. The van der Waals surface area contributed by atoms with Gasteiger partial charge in [0.1, 0.15) is 11.2 Å². The number of nitrogens with zero attached hydrogens (tertiary/aromatic N) is 2. The highest BCUT2D eigenvalue weighted by atomic mass is 16.5. The third-order valence-electron chi connectivity index (χ3n) is 4.53. The van der Waals surface area contributed by atoms with E-state index < -0.39 is 5.97 Å². The summed E-state index contributed by atoms with van der Waals surface area (Å²) >= 11 is 0. The van der Waals surface area contributed by atoms with Gasteiger partial charge in [-0.05, 0) is 25.1 Å². The van der Waals surface area contributed by atoms with Gasteiger partial charge in [0, 0.05) is 17.3 Å². The van der Waals surface area contributed by atoms with Crippen molar-refractivity contribution in [2.75, 3.05) is 6.61 Å². The molecular weight excluding hydrogens is 328 g/mol. The number of para-hydroxylation sites is 2. The summed E-state index contributed by atoms with van der Waals surface area (Å²) in [6, 6.07) is 14.8. The van der Waals surface area contributed by atoms with Crippen molar-refractivity contribution >= 4 is 33.4 Å². The lowest BCUT2D eigenvalue weighted by atomic mass is 10.1. The molecule has 2 aromatic carbocycles. The van der Waals surface area contributed by atoms with Crippen LogP contribution in [0.5, 0.6) is 0 Å². The van der Waals surface area contributed by atoms with Gasteiger partial charge in [-0.2, -0.15) is 0 Å². The minimum absolute atomic E-state index is 0.150. The second-order valence-electron chi connectivity index (χ2n) is 5.99. The zero-order valence-electron chi connectivity index (χ0n) is 14.4. The van der Waals surface area contributed by atoms with E-state index in [1.165, 1.54) is 0 Å². The molecule has 4 aromatic rings. The standard InChI is InChI=1S/C21H18N2O3/c1-3-13-22-16-11-7-8-12-17(16)23-19(22)18(21(25)26-4-2)14-9-5-6-10-15(14)20(23)24/h3,5-12H,1,4,13H2,2H3. The van der Waals surface area contributed by atoms with Gasteiger partial charge in [-0.3, -0.25) is 9.20 Å². The Morgan fingerprint density at radius 2 is 1.73 bits per heavy atom. The quantitative estimate of drug-likeness (QED) is 0.417. The zero-order chi connectivity index (χ0) is 18.3. The summed E-state index contributed by atoms with van der Waals surface area (Å²) < 4.78 is 8.86. The summed E-state index contributed by atoms with van der Waals surface area (Å²) in [7, 11) is 0. The van der Waals surface area contributed by atoms with E-state index in [0.717, 1.165) is 11.0 Å². The molecule has 0 amide bonds. The highest BCUT2D eigenvalue weighted by Gasteiger charge is 2.24. The number of carbonyl (C=O) groups excluding carboxylic acids is 1. The predicted octanol–water partition coefficient (Wildman–Crippen LogP) is 3.77. The molecule has 0 saturated carbocycles. The third kappa shape index (κ3) is 2.17. The van der Waals surface area contributed by atoms with E-state index in [1.54, 1.807) is 35.6 Å². The molecule has 4 rings (SSSR count). The average molecular weight is 346 g/mol. The van der Waals surface area contributed by atoms with Crippen molar-refractivity contribution in [1.29, 1.82) is 0 Å². The maximum atomic E-state index is 13.2. The number of fused-ring (bicyclic) bond motifs is 4. The van der Waals surface area contributed by atoms with Crippen molar-refractivity contribution in [2.24, 2.45) is 0 Å². The molecule has 5 heteroatoms. The van der Waals surface area contributed by atoms with Crippen LogP contribution in [0.4, 0.5) is 0 Å². The summed E-state index contributed by atoms with van der Waals surface area (Å²) in [5, 5.41) is 1.10. The highest BCUT2D eigenvalue weighted by Crippen LogP contribution is 2.27. The van der Waals surface area contributed by atoms with Crippen LogP contribution in [0.15, 0.2) is 66.0 Å². The van der Waals surface area contributed by atoms with Crippen LogP contribution in [-0.2, 0) is 11.3 Å². The fourth-order valence-electron chi connectivity index (χ4n) is 3.53. The molecule has 0 fully saturated rings. The van der Waals surface area contributed by atoms with Gasteiger partial charge in [-0.1, -0.05) is 36.4 Å². The summed E-state index contributed by atoms with van der Waals surface area (Å²) in [5.41, 5.74) is 2.41. The maximum absolute atomic E-state index is 13.2. The first kappa shape index (κ1) is 16.1. The first-order chi connectivity index (χ1) is 12.7. The molecule has 0 radical (unpaired) electrons. The molecule has 0 atom stereocenters. The SMILES string of the molecule is C=CCn1c2ccccc2n2c(=O)c3ccccc3c(C(=O)OCC)c12. The summed E-state index contributed by atoms with van der Waals surface area (Å²) in [6.07, 6.45) is 1.75. The molecule has 0 N–H and O–H groups in total. The second kappa shape index (κ2) is 6.19. The predicted molar refractivity (Wildman–Crippen MR) is 103 cm³/mol. The van der Waals surface area contributed by atoms with Gasteiger partial charge in [-0.15, -0.1) is 6.58 Å². The maximum Gasteiger partial charge on any atom is 0.342 e. The molecule has 0 unspecified atom stereocenters. The van der Waals surface area contributed by atoms with Crippen LogP contribution in [-0.4, -0.2) is 21.5 Å². The smallest absolute Gasteiger partial charge is 0.342 e. The third-order valence-corrected chi connectivity index (χ3v) is 4.53. The lowest BCUT2D eigenvalue weighted by Crippen LogP contribution is -2.19. The topological polar surface area (TPSA) is 52.7 Å². The van der Waals surface area contributed by atoms with Crippen molar-refractivity contribution < 1.29 is 9.53 Å². The number of ether oxygens (including phenoxy) is 1. The van der Waals surface area contributed by atoms with Crippen LogP contribution in [0, 0.1) is 0 Å². The van der Waals surface area contributed by atoms with Crippen molar-refractivity contribution in [3.05, 3.63) is 77.1 Å². The average Bonchev–Trinajstić information content (AvgIpc) is 2.97. The number of rotatable bonds is 4. The number of aromatic nitrogens is 2. The largest absolute Gasteiger partial charge is 0.462 e. The first-order valence-corrected chi connectivity index (χ1v) is 8.51. The van der Waals surface area contributed by atoms with Gasteiger partial charge < -0.3 is 9.30 Å². The van der Waals surface area contributed by atoms with Crippen molar-refractivity contribution in [1.82, 2.24) is 8.97 Å². The van der Waals surface area contributed by atoms with Crippen LogP contribution in [0.1, 0.15) is 17.3 Å². The Balaban J connectivity index is 2.34. The van der Waals surface area contributed by atoms with E-state index in [-0.39, 0.29) is 12.2 Å². The van der Waals surface area contributed by atoms with Gasteiger partial charge in [0.25, 0.3) is 5.56 Å². The van der Waals surface area contributed by atoms with E-state index in [1.807, 2.05) is 34.9 Å². The molecule has 26 heavy (non-hydrogen) atoms. The second-order valence-corrected chi connectivity index (χ2v) is 5.99. The Morgan fingerprint density at radius 3 is 2.42 bits per heavy atom. The van der Waals surface area contributed by atoms with Crippen LogP contribution in [0.25, 0.3) is 27.5 Å². The Morgan fingerprint density at radius 1 is 1.08 bits per heavy atom. The first-order valence-electron chi connectivity index (χ1n) is 8.51. The molecule has 0 aliphatic rings. The molecule has 130 valence electrons. The van der Waals surface area contributed by atoms with E-state index in [2.05, 4.69) is 6.58 Å². The normalized spacial score (nSPS) is 11.3. The molecule has 0 aliphatic carbocycles. The molecule has 5 nitrogen and oxygen atoms in total. The fraction of sp³-hybridized carbons (Fsp3) is 0.143. The molecule has 0 bridgehead atoms. The summed E-state index contributed by atoms with van der Waals surface area (Å²) in [4.78, 5) is 26.1. The number of benzene rings is 2. The fourth-order valence-corrected chi connectivity index (χ4v) is 3.53. The van der Waals surface area contributed by atoms with Gasteiger partial charge in [-0.25, -0.2) is 4.79 Å². The molecule has 0 aliphatic heterocycles. The molecule has 2 heterocycles. The Labute approximate surface area is 149 Å². The monoisotopic (exact) mass is 346 g/mol. The number of imidazole rings is 1. The minimum atomic E-state index is -0.436. The Bertz CT molecular complexity index is 1230. The Hall–Kier alpha value is -3.34.